The van der Waals surface area contributed by atoms with Gasteiger partial charge in [0, 0.05) is 19.7 Å². The van der Waals surface area contributed by atoms with E-state index in [1.54, 1.807) is 37.1 Å². The van der Waals surface area contributed by atoms with Crippen molar-refractivity contribution in [3.63, 3.8) is 0 Å². The van der Waals surface area contributed by atoms with Gasteiger partial charge in [-0.3, -0.25) is 9.78 Å². The molecule has 0 N–H and O–H groups in total. The minimum atomic E-state index is -4.37. The van der Waals surface area contributed by atoms with Gasteiger partial charge in [0.05, 0.1) is 30.1 Å². The van der Waals surface area contributed by atoms with Gasteiger partial charge >= 0.3 is 6.18 Å². The van der Waals surface area contributed by atoms with Crippen LogP contribution in [0.25, 0.3) is 0 Å². The highest BCUT2D eigenvalue weighted by Crippen LogP contribution is 2.30. The number of halogens is 3. The van der Waals surface area contributed by atoms with Crippen LogP contribution in [0.5, 0.6) is 0 Å². The zero-order chi connectivity index (χ0) is 22.9. The number of carbonyl (C=O) groups excluding carboxylic acids is 1. The molecular formula is C23H22F3N3O3. The molecule has 1 aliphatic heterocycles. The maximum Gasteiger partial charge on any atom is 0.416 e. The second-order valence-electron chi connectivity index (χ2n) is 7.72. The summed E-state index contributed by atoms with van der Waals surface area (Å²) in [6.07, 6.45) is -2.82. The molecule has 3 heterocycles. The molecule has 0 aliphatic carbocycles. The van der Waals surface area contributed by atoms with E-state index in [1.807, 2.05) is 6.07 Å². The smallest absolute Gasteiger partial charge is 0.416 e. The van der Waals surface area contributed by atoms with Gasteiger partial charge in [-0.05, 0) is 36.6 Å². The largest absolute Gasteiger partial charge is 0.436 e. The van der Waals surface area contributed by atoms with Crippen LogP contribution in [0.1, 0.15) is 50.6 Å². The first-order chi connectivity index (χ1) is 15.2. The number of morpholine rings is 1. The van der Waals surface area contributed by atoms with E-state index in [1.165, 1.54) is 6.07 Å². The van der Waals surface area contributed by atoms with Crippen molar-refractivity contribution in [1.29, 1.82) is 0 Å². The summed E-state index contributed by atoms with van der Waals surface area (Å²) in [5.74, 6) is 0.429. The van der Waals surface area contributed by atoms with Crippen molar-refractivity contribution in [3.8, 4) is 0 Å². The van der Waals surface area contributed by atoms with Crippen LogP contribution in [-0.2, 0) is 17.3 Å². The monoisotopic (exact) mass is 445 g/mol. The molecule has 3 aromatic rings. The summed E-state index contributed by atoms with van der Waals surface area (Å²) in [4.78, 5) is 23.0. The molecule has 1 atom stereocenters. The molecule has 4 rings (SSSR count). The molecule has 1 aromatic carbocycles. The van der Waals surface area contributed by atoms with Crippen LogP contribution in [-0.4, -0.2) is 40.5 Å². The lowest BCUT2D eigenvalue weighted by atomic mass is 10.0. The zero-order valence-corrected chi connectivity index (χ0v) is 17.6. The van der Waals surface area contributed by atoms with Gasteiger partial charge in [-0.25, -0.2) is 4.98 Å². The van der Waals surface area contributed by atoms with Crippen LogP contribution >= 0.6 is 0 Å². The van der Waals surface area contributed by atoms with Crippen molar-refractivity contribution in [2.45, 2.75) is 32.5 Å². The summed E-state index contributed by atoms with van der Waals surface area (Å²) >= 11 is 0. The van der Waals surface area contributed by atoms with Gasteiger partial charge in [0.15, 0.2) is 5.89 Å². The van der Waals surface area contributed by atoms with Crippen molar-refractivity contribution in [3.05, 3.63) is 82.3 Å². The van der Waals surface area contributed by atoms with Gasteiger partial charge in [0.2, 0.25) is 5.76 Å². The molecule has 1 fully saturated rings. The third-order valence-electron chi connectivity index (χ3n) is 5.29. The Morgan fingerprint density at radius 1 is 1.19 bits per heavy atom. The Bertz CT molecular complexity index is 1110. The van der Waals surface area contributed by atoms with Crippen molar-refractivity contribution >= 4 is 5.91 Å². The number of nitrogens with zero attached hydrogens (tertiary/aromatic N) is 3. The summed E-state index contributed by atoms with van der Waals surface area (Å²) in [5, 5.41) is 0. The highest BCUT2D eigenvalue weighted by atomic mass is 19.4. The summed E-state index contributed by atoms with van der Waals surface area (Å²) in [5.41, 5.74) is 1.87. The highest BCUT2D eigenvalue weighted by Gasteiger charge is 2.31. The maximum atomic E-state index is 12.9. The van der Waals surface area contributed by atoms with Gasteiger partial charge in [0.25, 0.3) is 5.91 Å². The van der Waals surface area contributed by atoms with E-state index in [0.717, 1.165) is 17.7 Å². The number of aromatic nitrogens is 2. The summed E-state index contributed by atoms with van der Waals surface area (Å²) in [7, 11) is 0. The summed E-state index contributed by atoms with van der Waals surface area (Å²) in [6, 6.07) is 8.86. The lowest BCUT2D eigenvalue weighted by Gasteiger charge is -2.32. The first-order valence-electron chi connectivity index (χ1n) is 10.2. The van der Waals surface area contributed by atoms with E-state index < -0.39 is 17.8 Å². The molecule has 32 heavy (non-hydrogen) atoms. The molecule has 6 nitrogen and oxygen atoms in total. The number of aryl methyl sites for hydroxylation is 2. The van der Waals surface area contributed by atoms with E-state index in [9.17, 15) is 18.0 Å². The first-order valence-corrected chi connectivity index (χ1v) is 10.2. The number of amides is 1. The molecule has 1 aliphatic rings. The number of oxazole rings is 1. The maximum absolute atomic E-state index is 12.9. The third-order valence-corrected chi connectivity index (χ3v) is 5.29. The molecule has 2 aromatic heterocycles. The van der Waals surface area contributed by atoms with E-state index in [4.69, 9.17) is 9.15 Å². The van der Waals surface area contributed by atoms with Crippen LogP contribution in [0.4, 0.5) is 13.2 Å². The number of alkyl halides is 3. The quantitative estimate of drug-likeness (QED) is 0.591. The van der Waals surface area contributed by atoms with Crippen LogP contribution in [0.2, 0.25) is 0 Å². The number of pyridine rings is 1. The predicted molar refractivity (Wildman–Crippen MR) is 109 cm³/mol. The van der Waals surface area contributed by atoms with Gasteiger partial charge < -0.3 is 14.1 Å². The minimum absolute atomic E-state index is 0.229. The van der Waals surface area contributed by atoms with Crippen molar-refractivity contribution in [1.82, 2.24) is 14.9 Å². The second-order valence-corrected chi connectivity index (χ2v) is 7.72. The first kappa shape index (κ1) is 22.0. The number of rotatable bonds is 4. The fraction of sp³-hybridized carbons (Fsp3) is 0.348. The van der Waals surface area contributed by atoms with Crippen LogP contribution < -0.4 is 0 Å². The normalized spacial score (nSPS) is 16.9. The Hall–Kier alpha value is -3.20. The SMILES string of the molecule is Cc1nc(C)c(C(=O)N2CCOC(c3ccc(Cc4cccc(C(F)(F)F)c4)cn3)C2)o1. The summed E-state index contributed by atoms with van der Waals surface area (Å²) in [6.45, 7) is 4.53. The standard InChI is InChI=1S/C23H22F3N3O3/c1-14-21(32-15(2)28-14)22(30)29-8-9-31-20(13-29)19-7-6-17(12-27-19)10-16-4-3-5-18(11-16)23(24,25)26/h3-7,11-12,20H,8-10,13H2,1-2H3. The number of hydrogen-bond donors (Lipinski definition) is 0. The number of carbonyl (C=O) groups is 1. The lowest BCUT2D eigenvalue weighted by Crippen LogP contribution is -2.42. The van der Waals surface area contributed by atoms with Crippen molar-refractivity contribution < 1.29 is 27.1 Å². The number of hydrogen-bond acceptors (Lipinski definition) is 5. The molecule has 0 spiro atoms. The molecule has 168 valence electrons. The lowest BCUT2D eigenvalue weighted by molar-refractivity contribution is -0.137. The minimum Gasteiger partial charge on any atom is -0.436 e. The second kappa shape index (κ2) is 8.74. The Morgan fingerprint density at radius 2 is 2.00 bits per heavy atom. The van der Waals surface area contributed by atoms with E-state index in [2.05, 4.69) is 9.97 Å². The molecule has 1 amide bonds. The number of benzene rings is 1. The zero-order valence-electron chi connectivity index (χ0n) is 17.6. The number of ether oxygens (including phenoxy) is 1. The molecular weight excluding hydrogens is 423 g/mol. The molecule has 0 saturated carbocycles. The Balaban J connectivity index is 1.44. The van der Waals surface area contributed by atoms with Crippen LogP contribution in [0, 0.1) is 13.8 Å². The van der Waals surface area contributed by atoms with Gasteiger partial charge in [-0.2, -0.15) is 13.2 Å². The van der Waals surface area contributed by atoms with Crippen LogP contribution in [0.15, 0.2) is 47.0 Å². The fourth-order valence-electron chi connectivity index (χ4n) is 3.71. The highest BCUT2D eigenvalue weighted by molar-refractivity contribution is 5.92. The molecule has 9 heteroatoms. The van der Waals surface area contributed by atoms with Crippen molar-refractivity contribution in [2.24, 2.45) is 0 Å². The van der Waals surface area contributed by atoms with Gasteiger partial charge in [-0.1, -0.05) is 24.3 Å². The summed E-state index contributed by atoms with van der Waals surface area (Å²) < 4.78 is 50.0. The predicted octanol–water partition coefficient (Wildman–Crippen LogP) is 4.51. The van der Waals surface area contributed by atoms with E-state index in [0.29, 0.717) is 49.0 Å². The Morgan fingerprint density at radius 3 is 2.66 bits per heavy atom. The van der Waals surface area contributed by atoms with Gasteiger partial charge in [-0.15, -0.1) is 0 Å². The molecule has 0 radical (unpaired) electrons. The topological polar surface area (TPSA) is 68.5 Å². The van der Waals surface area contributed by atoms with E-state index >= 15 is 0 Å². The average Bonchev–Trinajstić information content (AvgIpc) is 3.11. The Kier molecular flexibility index (Phi) is 6.01. The van der Waals surface area contributed by atoms with Gasteiger partial charge in [0.1, 0.15) is 6.10 Å². The molecule has 1 unspecified atom stereocenters. The fourth-order valence-corrected chi connectivity index (χ4v) is 3.71. The average molecular weight is 445 g/mol. The van der Waals surface area contributed by atoms with Crippen molar-refractivity contribution in [2.75, 3.05) is 19.7 Å². The molecule has 0 bridgehead atoms. The van der Waals surface area contributed by atoms with Crippen LogP contribution in [0.3, 0.4) is 0 Å². The van der Waals surface area contributed by atoms with E-state index in [-0.39, 0.29) is 11.7 Å². The molecule has 1 saturated heterocycles. The third kappa shape index (κ3) is 4.83. The Labute approximate surface area is 183 Å².